The van der Waals surface area contributed by atoms with Crippen LogP contribution in [0, 0.1) is 5.92 Å². The topological polar surface area (TPSA) is 88.7 Å². The summed E-state index contributed by atoms with van der Waals surface area (Å²) in [7, 11) is 3.03. The number of carbonyl (C=O) groups excluding carboxylic acids is 2. The molecule has 0 aliphatic carbocycles. The van der Waals surface area contributed by atoms with Gasteiger partial charge in [-0.1, -0.05) is 18.2 Å². The summed E-state index contributed by atoms with van der Waals surface area (Å²) in [5.74, 6) is 0.557. The maximum absolute atomic E-state index is 12.6. The maximum atomic E-state index is 12.6. The van der Waals surface area contributed by atoms with Crippen molar-refractivity contribution in [1.82, 2.24) is 5.32 Å². The van der Waals surface area contributed by atoms with Crippen LogP contribution in [0.25, 0.3) is 0 Å². The third-order valence-corrected chi connectivity index (χ3v) is 4.77. The lowest BCUT2D eigenvalue weighted by Crippen LogP contribution is -2.34. The molecule has 1 heterocycles. The van der Waals surface area contributed by atoms with E-state index in [4.69, 9.17) is 9.47 Å². The van der Waals surface area contributed by atoms with Crippen LogP contribution in [0.2, 0.25) is 0 Å². The quantitative estimate of drug-likeness (QED) is 0.714. The smallest absolute Gasteiger partial charge is 0.255 e. The molecular formula is C21H25N3O4. The van der Waals surface area contributed by atoms with E-state index in [2.05, 4.69) is 16.0 Å². The fourth-order valence-corrected chi connectivity index (χ4v) is 3.20. The van der Waals surface area contributed by atoms with Gasteiger partial charge >= 0.3 is 0 Å². The zero-order valence-corrected chi connectivity index (χ0v) is 16.1. The molecule has 0 aromatic heterocycles. The second kappa shape index (κ2) is 9.23. The molecule has 0 spiro atoms. The van der Waals surface area contributed by atoms with Crippen molar-refractivity contribution in [2.45, 2.75) is 12.8 Å². The molecule has 0 atom stereocenters. The average molecular weight is 383 g/mol. The number of rotatable bonds is 6. The first-order chi connectivity index (χ1) is 13.6. The van der Waals surface area contributed by atoms with Gasteiger partial charge in [0.25, 0.3) is 5.91 Å². The first kappa shape index (κ1) is 19.7. The van der Waals surface area contributed by atoms with Gasteiger partial charge in [-0.3, -0.25) is 9.59 Å². The Labute approximate surface area is 164 Å². The summed E-state index contributed by atoms with van der Waals surface area (Å²) in [5, 5.41) is 9.01. The number of carbonyl (C=O) groups is 2. The number of hydrogen-bond donors (Lipinski definition) is 3. The lowest BCUT2D eigenvalue weighted by atomic mass is 9.97. The van der Waals surface area contributed by atoms with Gasteiger partial charge in [-0.15, -0.1) is 0 Å². The van der Waals surface area contributed by atoms with E-state index in [1.807, 2.05) is 6.07 Å². The van der Waals surface area contributed by atoms with Gasteiger partial charge < -0.3 is 25.4 Å². The van der Waals surface area contributed by atoms with Crippen molar-refractivity contribution in [1.29, 1.82) is 0 Å². The highest BCUT2D eigenvalue weighted by molar-refractivity contribution is 6.05. The molecule has 0 radical (unpaired) electrons. The largest absolute Gasteiger partial charge is 0.494 e. The van der Waals surface area contributed by atoms with Crippen LogP contribution in [0.4, 0.5) is 11.4 Å². The number of hydrogen-bond acceptors (Lipinski definition) is 5. The molecule has 0 unspecified atom stereocenters. The Morgan fingerprint density at radius 1 is 0.929 bits per heavy atom. The molecule has 0 bridgehead atoms. The van der Waals surface area contributed by atoms with E-state index < -0.39 is 0 Å². The molecule has 1 saturated heterocycles. The second-order valence-electron chi connectivity index (χ2n) is 6.59. The van der Waals surface area contributed by atoms with Gasteiger partial charge in [-0.2, -0.15) is 0 Å². The Bertz CT molecular complexity index is 833. The summed E-state index contributed by atoms with van der Waals surface area (Å²) < 4.78 is 10.8. The zero-order chi connectivity index (χ0) is 19.9. The summed E-state index contributed by atoms with van der Waals surface area (Å²) in [6.45, 7) is 1.67. The summed E-state index contributed by atoms with van der Waals surface area (Å²) in [4.78, 5) is 25.0. The van der Waals surface area contributed by atoms with Gasteiger partial charge in [0.15, 0.2) is 0 Å². The molecule has 1 aliphatic heterocycles. The molecule has 2 aromatic carbocycles. The van der Waals surface area contributed by atoms with Crippen molar-refractivity contribution >= 4 is 23.2 Å². The van der Waals surface area contributed by atoms with Crippen molar-refractivity contribution in [3.63, 3.8) is 0 Å². The van der Waals surface area contributed by atoms with Crippen molar-refractivity contribution in [3.05, 3.63) is 48.0 Å². The van der Waals surface area contributed by atoms with E-state index in [0.717, 1.165) is 25.9 Å². The molecular weight excluding hydrogens is 358 g/mol. The van der Waals surface area contributed by atoms with Crippen LogP contribution in [-0.2, 0) is 4.79 Å². The van der Waals surface area contributed by atoms with E-state index >= 15 is 0 Å². The number of benzene rings is 2. The third-order valence-electron chi connectivity index (χ3n) is 4.77. The highest BCUT2D eigenvalue weighted by Crippen LogP contribution is 2.37. The number of ether oxygens (including phenoxy) is 2. The van der Waals surface area contributed by atoms with Crippen LogP contribution in [0.5, 0.6) is 11.5 Å². The SMILES string of the molecule is COc1cc(NC(=O)C2CCNCC2)c(OC)cc1NC(=O)c1ccccc1. The van der Waals surface area contributed by atoms with Crippen LogP contribution < -0.4 is 25.4 Å². The minimum atomic E-state index is -0.257. The number of nitrogens with one attached hydrogen (secondary N) is 3. The van der Waals surface area contributed by atoms with E-state index in [1.165, 1.54) is 14.2 Å². The lowest BCUT2D eigenvalue weighted by molar-refractivity contribution is -0.120. The monoisotopic (exact) mass is 383 g/mol. The molecule has 2 amide bonds. The molecule has 7 heteroatoms. The van der Waals surface area contributed by atoms with E-state index in [0.29, 0.717) is 28.4 Å². The van der Waals surface area contributed by atoms with Gasteiger partial charge in [0, 0.05) is 23.6 Å². The van der Waals surface area contributed by atoms with Gasteiger partial charge in [-0.05, 0) is 38.1 Å². The Morgan fingerprint density at radius 2 is 1.50 bits per heavy atom. The first-order valence-corrected chi connectivity index (χ1v) is 9.26. The molecule has 1 aliphatic rings. The Hall–Kier alpha value is -3.06. The third kappa shape index (κ3) is 4.61. The van der Waals surface area contributed by atoms with Crippen LogP contribution in [-0.4, -0.2) is 39.1 Å². The van der Waals surface area contributed by atoms with Gasteiger partial charge in [0.1, 0.15) is 11.5 Å². The predicted octanol–water partition coefficient (Wildman–Crippen LogP) is 2.89. The average Bonchev–Trinajstić information content (AvgIpc) is 2.75. The van der Waals surface area contributed by atoms with Gasteiger partial charge in [-0.25, -0.2) is 0 Å². The fraction of sp³-hybridized carbons (Fsp3) is 0.333. The molecule has 0 saturated carbocycles. The van der Waals surface area contributed by atoms with Gasteiger partial charge in [0.05, 0.1) is 25.6 Å². The van der Waals surface area contributed by atoms with Crippen LogP contribution in [0.3, 0.4) is 0 Å². The lowest BCUT2D eigenvalue weighted by Gasteiger charge is -2.23. The molecule has 7 nitrogen and oxygen atoms in total. The standard InChI is InChI=1S/C21H25N3O4/c1-27-18-13-17(24-21(26)15-8-10-22-11-9-15)19(28-2)12-16(18)23-20(25)14-6-4-3-5-7-14/h3-7,12-13,15,22H,8-11H2,1-2H3,(H,23,25)(H,24,26). The summed E-state index contributed by atoms with van der Waals surface area (Å²) in [5.41, 5.74) is 1.51. The van der Waals surface area contributed by atoms with E-state index in [-0.39, 0.29) is 17.7 Å². The van der Waals surface area contributed by atoms with Crippen LogP contribution >= 0.6 is 0 Å². The Morgan fingerprint density at radius 3 is 2.07 bits per heavy atom. The van der Waals surface area contributed by atoms with Crippen molar-refractivity contribution in [2.24, 2.45) is 5.92 Å². The number of anilines is 2. The summed E-state index contributed by atoms with van der Waals surface area (Å²) >= 11 is 0. The summed E-state index contributed by atoms with van der Waals surface area (Å²) in [6, 6.07) is 12.2. The molecule has 2 aromatic rings. The Kier molecular flexibility index (Phi) is 6.49. The van der Waals surface area contributed by atoms with Crippen molar-refractivity contribution in [2.75, 3.05) is 37.9 Å². The maximum Gasteiger partial charge on any atom is 0.255 e. The second-order valence-corrected chi connectivity index (χ2v) is 6.59. The van der Waals surface area contributed by atoms with Crippen LogP contribution in [0.15, 0.2) is 42.5 Å². The summed E-state index contributed by atoms with van der Waals surface area (Å²) in [6.07, 6.45) is 1.60. The minimum absolute atomic E-state index is 0.0330. The zero-order valence-electron chi connectivity index (χ0n) is 16.1. The molecule has 3 N–H and O–H groups in total. The molecule has 3 rings (SSSR count). The van der Waals surface area contributed by atoms with Crippen molar-refractivity contribution in [3.8, 4) is 11.5 Å². The Balaban J connectivity index is 1.81. The highest BCUT2D eigenvalue weighted by atomic mass is 16.5. The number of methoxy groups -OCH3 is 2. The predicted molar refractivity (Wildman–Crippen MR) is 108 cm³/mol. The van der Waals surface area contributed by atoms with Crippen molar-refractivity contribution < 1.29 is 19.1 Å². The fourth-order valence-electron chi connectivity index (χ4n) is 3.20. The number of piperidine rings is 1. The van der Waals surface area contributed by atoms with Crippen LogP contribution in [0.1, 0.15) is 23.2 Å². The molecule has 28 heavy (non-hydrogen) atoms. The molecule has 1 fully saturated rings. The van der Waals surface area contributed by atoms with E-state index in [1.54, 1.807) is 36.4 Å². The molecule has 148 valence electrons. The van der Waals surface area contributed by atoms with Gasteiger partial charge in [0.2, 0.25) is 5.91 Å². The number of amides is 2. The normalized spacial score (nSPS) is 14.2. The highest BCUT2D eigenvalue weighted by Gasteiger charge is 2.23. The van der Waals surface area contributed by atoms with E-state index in [9.17, 15) is 9.59 Å². The first-order valence-electron chi connectivity index (χ1n) is 9.26. The minimum Gasteiger partial charge on any atom is -0.494 e.